The van der Waals surface area contributed by atoms with Gasteiger partial charge in [-0.1, -0.05) is 26.0 Å². The molecule has 2 rings (SSSR count). The standard InChI is InChI=1S/C15H23N3O/c1-11(2)12-4-6-13(7-5-12)18-10-14(8-9-16)17(3)15(18)19/h4-7,11,14H,8-10,16H2,1-3H3. The molecule has 1 aromatic rings. The molecule has 4 nitrogen and oxygen atoms in total. The average molecular weight is 261 g/mol. The smallest absolute Gasteiger partial charge is 0.324 e. The molecule has 1 atom stereocenters. The van der Waals surface area contributed by atoms with Gasteiger partial charge >= 0.3 is 6.03 Å². The number of amides is 2. The number of nitrogens with zero attached hydrogens (tertiary/aromatic N) is 2. The van der Waals surface area contributed by atoms with Crippen molar-refractivity contribution in [3.8, 4) is 0 Å². The molecule has 1 fully saturated rings. The van der Waals surface area contributed by atoms with Gasteiger partial charge in [0.1, 0.15) is 0 Å². The van der Waals surface area contributed by atoms with Crippen molar-refractivity contribution in [3.05, 3.63) is 29.8 Å². The third-order valence-corrected chi connectivity index (χ3v) is 3.84. The van der Waals surface area contributed by atoms with Crippen LogP contribution in [0.25, 0.3) is 0 Å². The zero-order chi connectivity index (χ0) is 14.0. The molecule has 2 N–H and O–H groups in total. The lowest BCUT2D eigenvalue weighted by atomic mass is 10.0. The van der Waals surface area contributed by atoms with Gasteiger partial charge in [-0.25, -0.2) is 4.79 Å². The van der Waals surface area contributed by atoms with Crippen LogP contribution in [0.15, 0.2) is 24.3 Å². The Morgan fingerprint density at radius 1 is 1.32 bits per heavy atom. The number of anilines is 1. The van der Waals surface area contributed by atoms with E-state index in [0.717, 1.165) is 18.7 Å². The number of hydrogen-bond acceptors (Lipinski definition) is 2. The van der Waals surface area contributed by atoms with Crippen LogP contribution >= 0.6 is 0 Å². The van der Waals surface area contributed by atoms with Crippen molar-refractivity contribution in [3.63, 3.8) is 0 Å². The van der Waals surface area contributed by atoms with E-state index in [4.69, 9.17) is 5.73 Å². The largest absolute Gasteiger partial charge is 0.330 e. The van der Waals surface area contributed by atoms with Crippen molar-refractivity contribution in [2.45, 2.75) is 32.2 Å². The molecular weight excluding hydrogens is 238 g/mol. The first-order valence-electron chi connectivity index (χ1n) is 6.89. The Kier molecular flexibility index (Phi) is 4.10. The van der Waals surface area contributed by atoms with E-state index in [1.165, 1.54) is 5.56 Å². The van der Waals surface area contributed by atoms with Crippen LogP contribution in [-0.2, 0) is 0 Å². The van der Waals surface area contributed by atoms with Gasteiger partial charge in [-0.3, -0.25) is 4.90 Å². The summed E-state index contributed by atoms with van der Waals surface area (Å²) in [6.07, 6.45) is 0.850. The molecular formula is C15H23N3O. The first-order chi connectivity index (χ1) is 9.04. The fraction of sp³-hybridized carbons (Fsp3) is 0.533. The summed E-state index contributed by atoms with van der Waals surface area (Å²) in [5.74, 6) is 0.510. The summed E-state index contributed by atoms with van der Waals surface area (Å²) < 4.78 is 0. The molecule has 0 saturated carbocycles. The molecule has 1 aliphatic heterocycles. The van der Waals surface area contributed by atoms with E-state index >= 15 is 0 Å². The van der Waals surface area contributed by atoms with Gasteiger partial charge in [-0.15, -0.1) is 0 Å². The summed E-state index contributed by atoms with van der Waals surface area (Å²) in [7, 11) is 1.85. The first kappa shape index (κ1) is 13.9. The van der Waals surface area contributed by atoms with Crippen molar-refractivity contribution in [1.29, 1.82) is 0 Å². The van der Waals surface area contributed by atoms with Gasteiger partial charge in [0.05, 0.1) is 6.04 Å². The second-order valence-corrected chi connectivity index (χ2v) is 5.48. The number of rotatable bonds is 4. The lowest BCUT2D eigenvalue weighted by molar-refractivity contribution is 0.217. The Morgan fingerprint density at radius 2 is 1.95 bits per heavy atom. The SMILES string of the molecule is CC(C)c1ccc(N2CC(CCN)N(C)C2=O)cc1. The summed E-state index contributed by atoms with van der Waals surface area (Å²) >= 11 is 0. The van der Waals surface area contributed by atoms with Crippen LogP contribution < -0.4 is 10.6 Å². The zero-order valence-corrected chi connectivity index (χ0v) is 12.0. The molecule has 4 heteroatoms. The summed E-state index contributed by atoms with van der Waals surface area (Å²) in [5.41, 5.74) is 7.86. The average Bonchev–Trinajstić information content (AvgIpc) is 2.68. The molecule has 0 radical (unpaired) electrons. The molecule has 1 unspecified atom stereocenters. The van der Waals surface area contributed by atoms with Gasteiger partial charge < -0.3 is 10.6 Å². The monoisotopic (exact) mass is 261 g/mol. The summed E-state index contributed by atoms with van der Waals surface area (Å²) in [5, 5.41) is 0. The van der Waals surface area contributed by atoms with Gasteiger partial charge in [0, 0.05) is 19.3 Å². The third-order valence-electron chi connectivity index (χ3n) is 3.84. The Hall–Kier alpha value is -1.55. The van der Waals surface area contributed by atoms with E-state index in [-0.39, 0.29) is 12.1 Å². The maximum atomic E-state index is 12.2. The fourth-order valence-corrected chi connectivity index (χ4v) is 2.49. The van der Waals surface area contributed by atoms with Crippen molar-refractivity contribution in [2.75, 3.05) is 25.0 Å². The predicted molar refractivity (Wildman–Crippen MR) is 78.5 cm³/mol. The van der Waals surface area contributed by atoms with Crippen LogP contribution in [0.4, 0.5) is 10.5 Å². The number of urea groups is 1. The zero-order valence-electron chi connectivity index (χ0n) is 12.0. The molecule has 1 saturated heterocycles. The van der Waals surface area contributed by atoms with E-state index < -0.39 is 0 Å². The Morgan fingerprint density at radius 3 is 2.47 bits per heavy atom. The second kappa shape index (κ2) is 5.61. The minimum absolute atomic E-state index is 0.0655. The lowest BCUT2D eigenvalue weighted by Gasteiger charge is -2.17. The Bertz CT molecular complexity index is 441. The van der Waals surface area contributed by atoms with Gasteiger partial charge in [-0.05, 0) is 36.6 Å². The van der Waals surface area contributed by atoms with Crippen LogP contribution in [0.3, 0.4) is 0 Å². The van der Waals surface area contributed by atoms with Crippen LogP contribution in [0.2, 0.25) is 0 Å². The molecule has 0 aromatic heterocycles. The maximum Gasteiger partial charge on any atom is 0.324 e. The van der Waals surface area contributed by atoms with Crippen molar-refractivity contribution >= 4 is 11.7 Å². The molecule has 0 spiro atoms. The van der Waals surface area contributed by atoms with Gasteiger partial charge in [-0.2, -0.15) is 0 Å². The summed E-state index contributed by atoms with van der Waals surface area (Å²) in [4.78, 5) is 15.9. The Balaban J connectivity index is 2.16. The molecule has 2 amide bonds. The minimum atomic E-state index is 0.0655. The summed E-state index contributed by atoms with van der Waals surface area (Å²) in [6, 6.07) is 8.56. The van der Waals surface area contributed by atoms with E-state index in [2.05, 4.69) is 26.0 Å². The van der Waals surface area contributed by atoms with Crippen molar-refractivity contribution in [1.82, 2.24) is 4.90 Å². The van der Waals surface area contributed by atoms with Crippen LogP contribution in [-0.4, -0.2) is 37.1 Å². The number of carbonyl (C=O) groups excluding carboxylic acids is 1. The highest BCUT2D eigenvalue weighted by Crippen LogP contribution is 2.25. The highest BCUT2D eigenvalue weighted by Gasteiger charge is 2.34. The van der Waals surface area contributed by atoms with Crippen LogP contribution in [0, 0.1) is 0 Å². The highest BCUT2D eigenvalue weighted by atomic mass is 16.2. The van der Waals surface area contributed by atoms with Crippen LogP contribution in [0.5, 0.6) is 0 Å². The molecule has 0 aliphatic carbocycles. The molecule has 1 heterocycles. The topological polar surface area (TPSA) is 49.6 Å². The van der Waals surface area contributed by atoms with E-state index in [1.54, 1.807) is 4.90 Å². The molecule has 1 aromatic carbocycles. The minimum Gasteiger partial charge on any atom is -0.330 e. The number of likely N-dealkylation sites (N-methyl/N-ethyl adjacent to an activating group) is 1. The summed E-state index contributed by atoms with van der Waals surface area (Å²) in [6.45, 7) is 5.68. The van der Waals surface area contributed by atoms with E-state index in [1.807, 2.05) is 24.1 Å². The second-order valence-electron chi connectivity index (χ2n) is 5.48. The normalized spacial score (nSPS) is 19.6. The molecule has 0 bridgehead atoms. The molecule has 19 heavy (non-hydrogen) atoms. The highest BCUT2D eigenvalue weighted by molar-refractivity contribution is 5.94. The van der Waals surface area contributed by atoms with E-state index in [9.17, 15) is 4.79 Å². The van der Waals surface area contributed by atoms with E-state index in [0.29, 0.717) is 12.5 Å². The first-order valence-corrected chi connectivity index (χ1v) is 6.89. The lowest BCUT2D eigenvalue weighted by Crippen LogP contribution is -2.32. The maximum absolute atomic E-state index is 12.2. The number of hydrogen-bond donors (Lipinski definition) is 1. The Labute approximate surface area is 115 Å². The third kappa shape index (κ3) is 2.73. The van der Waals surface area contributed by atoms with Gasteiger partial charge in [0.25, 0.3) is 0 Å². The van der Waals surface area contributed by atoms with Gasteiger partial charge in [0.2, 0.25) is 0 Å². The number of nitrogens with two attached hydrogens (primary N) is 1. The quantitative estimate of drug-likeness (QED) is 0.904. The predicted octanol–water partition coefficient (Wildman–Crippen LogP) is 2.40. The number of carbonyl (C=O) groups is 1. The number of benzene rings is 1. The molecule has 104 valence electrons. The van der Waals surface area contributed by atoms with Gasteiger partial charge in [0.15, 0.2) is 0 Å². The van der Waals surface area contributed by atoms with Crippen LogP contribution in [0.1, 0.15) is 31.7 Å². The van der Waals surface area contributed by atoms with Crippen molar-refractivity contribution in [2.24, 2.45) is 5.73 Å². The molecule has 1 aliphatic rings. The fourth-order valence-electron chi connectivity index (χ4n) is 2.49. The van der Waals surface area contributed by atoms with Crippen molar-refractivity contribution < 1.29 is 4.79 Å².